The van der Waals surface area contributed by atoms with Gasteiger partial charge in [-0.2, -0.15) is 4.98 Å². The van der Waals surface area contributed by atoms with Crippen LogP contribution in [0.4, 0.5) is 22.0 Å². The number of carbonyl (C=O) groups excluding carboxylic acids is 1. The minimum Gasteiger partial charge on any atom is -0.453 e. The molecule has 1 saturated heterocycles. The summed E-state index contributed by atoms with van der Waals surface area (Å²) in [5.74, 6) is 2.79. The van der Waals surface area contributed by atoms with Crippen molar-refractivity contribution in [1.29, 1.82) is 0 Å². The molecular weight excluding hydrogens is 566 g/mol. The lowest BCUT2D eigenvalue weighted by atomic mass is 9.89. The highest BCUT2D eigenvalue weighted by Gasteiger charge is 2.31. The van der Waals surface area contributed by atoms with Gasteiger partial charge in [0.2, 0.25) is 11.7 Å². The third kappa shape index (κ3) is 7.12. The Kier molecular flexibility index (Phi) is 8.64. The van der Waals surface area contributed by atoms with E-state index in [1.54, 1.807) is 0 Å². The summed E-state index contributed by atoms with van der Waals surface area (Å²) in [6.07, 6.45) is 10.7. The first-order valence-electron chi connectivity index (χ1n) is 16.2. The van der Waals surface area contributed by atoms with Crippen molar-refractivity contribution in [1.82, 2.24) is 20.4 Å². The van der Waals surface area contributed by atoms with Crippen molar-refractivity contribution in [2.45, 2.75) is 75.4 Å². The largest absolute Gasteiger partial charge is 0.453 e. The van der Waals surface area contributed by atoms with Crippen LogP contribution in [-0.2, 0) is 4.74 Å². The second kappa shape index (κ2) is 13.3. The minimum absolute atomic E-state index is 0.305. The van der Waals surface area contributed by atoms with Gasteiger partial charge in [-0.15, -0.1) is 0 Å². The van der Waals surface area contributed by atoms with Gasteiger partial charge in [-0.25, -0.2) is 9.78 Å². The van der Waals surface area contributed by atoms with Crippen LogP contribution in [0.15, 0.2) is 71.4 Å². The SMILES string of the molecule is COC(=O)Nc1cccc(-c2ccnc(N[C@@H]3CCCC[C@H]3N[C@H]3CCCN(c4ccc(-c5noc(C6CC6)n5)cc4)C3)c2)c1. The zero-order chi connectivity index (χ0) is 30.6. The lowest BCUT2D eigenvalue weighted by Crippen LogP contribution is -2.54. The van der Waals surface area contributed by atoms with Crippen LogP contribution in [0.5, 0.6) is 0 Å². The van der Waals surface area contributed by atoms with Crippen LogP contribution < -0.4 is 20.9 Å². The fourth-order valence-electron chi connectivity index (χ4n) is 6.65. The molecule has 4 aromatic rings. The molecule has 10 heteroatoms. The van der Waals surface area contributed by atoms with Gasteiger partial charge >= 0.3 is 6.09 Å². The highest BCUT2D eigenvalue weighted by Crippen LogP contribution is 2.39. The topological polar surface area (TPSA) is 117 Å². The average molecular weight is 608 g/mol. The fraction of sp³-hybridized carbons (Fsp3) is 0.429. The molecule has 3 aliphatic rings. The number of anilines is 3. The van der Waals surface area contributed by atoms with E-state index in [4.69, 9.17) is 9.26 Å². The third-order valence-corrected chi connectivity index (χ3v) is 9.22. The summed E-state index contributed by atoms with van der Waals surface area (Å²) in [4.78, 5) is 23.4. The van der Waals surface area contributed by atoms with Crippen LogP contribution in [-0.4, -0.2) is 59.5 Å². The van der Waals surface area contributed by atoms with Crippen molar-refractivity contribution >= 4 is 23.3 Å². The molecule has 1 amide bonds. The van der Waals surface area contributed by atoms with Gasteiger partial charge in [0.1, 0.15) is 5.82 Å². The maximum absolute atomic E-state index is 11.7. The summed E-state index contributed by atoms with van der Waals surface area (Å²) in [6.45, 7) is 2.05. The Morgan fingerprint density at radius 2 is 1.73 bits per heavy atom. The Balaban J connectivity index is 0.980. The Morgan fingerprint density at radius 3 is 2.56 bits per heavy atom. The summed E-state index contributed by atoms with van der Waals surface area (Å²) >= 11 is 0. The van der Waals surface area contributed by atoms with Crippen molar-refractivity contribution < 1.29 is 14.1 Å². The smallest absolute Gasteiger partial charge is 0.411 e. The number of pyridine rings is 1. The van der Waals surface area contributed by atoms with Gasteiger partial charge in [-0.1, -0.05) is 30.1 Å². The quantitative estimate of drug-likeness (QED) is 0.188. The standard InChI is InChI=1S/C35H41N7O3/c1-44-35(43)38-27-7-4-6-25(20-27)26-17-18-36-32(21-26)39-31-10-3-2-9-30(31)37-28-8-5-19-42(22-28)29-15-13-23(14-16-29)33-40-34(45-41-33)24-11-12-24/h4,6-7,13-18,20-21,24,28,30-31,37H,2-3,5,8-12,19,22H2,1H3,(H,36,39)(H,38,43)/t28-,30+,31+/m0/s1. The molecule has 1 aliphatic heterocycles. The van der Waals surface area contributed by atoms with Crippen LogP contribution in [0.3, 0.4) is 0 Å². The molecule has 0 unspecified atom stereocenters. The number of hydrogen-bond donors (Lipinski definition) is 3. The van der Waals surface area contributed by atoms with Gasteiger partial charge in [0.05, 0.1) is 7.11 Å². The average Bonchev–Trinajstić information content (AvgIpc) is 3.82. The van der Waals surface area contributed by atoms with Gasteiger partial charge in [0.15, 0.2) is 0 Å². The highest BCUT2D eigenvalue weighted by atomic mass is 16.5. The van der Waals surface area contributed by atoms with Crippen molar-refractivity contribution in [2.75, 3.05) is 35.7 Å². The molecule has 0 radical (unpaired) electrons. The lowest BCUT2D eigenvalue weighted by Gasteiger charge is -2.40. The number of aromatic nitrogens is 3. The molecule has 2 aromatic heterocycles. The predicted octanol–water partition coefficient (Wildman–Crippen LogP) is 6.84. The van der Waals surface area contributed by atoms with E-state index in [0.29, 0.717) is 35.6 Å². The zero-order valence-corrected chi connectivity index (χ0v) is 25.7. The van der Waals surface area contributed by atoms with E-state index in [1.165, 1.54) is 32.1 Å². The van der Waals surface area contributed by atoms with Gasteiger partial charge in [0.25, 0.3) is 0 Å². The zero-order valence-electron chi connectivity index (χ0n) is 25.7. The molecule has 2 aromatic carbocycles. The molecule has 3 N–H and O–H groups in total. The van der Waals surface area contributed by atoms with E-state index in [-0.39, 0.29) is 0 Å². The molecule has 0 spiro atoms. The molecule has 10 nitrogen and oxygen atoms in total. The molecule has 2 aliphatic carbocycles. The van der Waals surface area contributed by atoms with E-state index in [1.807, 2.05) is 36.5 Å². The van der Waals surface area contributed by atoms with E-state index < -0.39 is 6.09 Å². The Morgan fingerprint density at radius 1 is 0.911 bits per heavy atom. The Labute approximate surface area is 264 Å². The highest BCUT2D eigenvalue weighted by molar-refractivity contribution is 5.86. The van der Waals surface area contributed by atoms with Crippen LogP contribution in [0.25, 0.3) is 22.5 Å². The van der Waals surface area contributed by atoms with Crippen molar-refractivity contribution in [2.24, 2.45) is 0 Å². The Hall–Kier alpha value is -4.44. The number of hydrogen-bond acceptors (Lipinski definition) is 9. The predicted molar refractivity (Wildman–Crippen MR) is 175 cm³/mol. The van der Waals surface area contributed by atoms with E-state index in [9.17, 15) is 4.79 Å². The second-order valence-electron chi connectivity index (χ2n) is 12.5. The van der Waals surface area contributed by atoms with Crippen LogP contribution in [0, 0.1) is 0 Å². The van der Waals surface area contributed by atoms with Crippen molar-refractivity contribution in [3.63, 3.8) is 0 Å². The third-order valence-electron chi connectivity index (χ3n) is 9.22. The first kappa shape index (κ1) is 29.3. The first-order valence-corrected chi connectivity index (χ1v) is 16.2. The molecule has 7 rings (SSSR count). The summed E-state index contributed by atoms with van der Waals surface area (Å²) in [5, 5.41) is 14.8. The van der Waals surface area contributed by atoms with Crippen LogP contribution in [0.1, 0.15) is 63.2 Å². The van der Waals surface area contributed by atoms with E-state index in [2.05, 4.69) is 66.3 Å². The molecule has 45 heavy (non-hydrogen) atoms. The van der Waals surface area contributed by atoms with E-state index in [0.717, 1.165) is 73.6 Å². The van der Waals surface area contributed by atoms with E-state index >= 15 is 0 Å². The molecule has 3 atom stereocenters. The first-order chi connectivity index (χ1) is 22.1. The fourth-order valence-corrected chi connectivity index (χ4v) is 6.65. The summed E-state index contributed by atoms with van der Waals surface area (Å²) in [7, 11) is 1.36. The Bertz CT molecular complexity index is 1600. The number of nitrogens with one attached hydrogen (secondary N) is 3. The maximum Gasteiger partial charge on any atom is 0.411 e. The number of nitrogens with zero attached hydrogens (tertiary/aromatic N) is 4. The van der Waals surface area contributed by atoms with Crippen molar-refractivity contribution in [3.8, 4) is 22.5 Å². The maximum atomic E-state index is 11.7. The van der Waals surface area contributed by atoms with Crippen LogP contribution >= 0.6 is 0 Å². The molecule has 3 fully saturated rings. The lowest BCUT2D eigenvalue weighted by molar-refractivity contribution is 0.187. The number of methoxy groups -OCH3 is 1. The van der Waals surface area contributed by atoms with Gasteiger partial charge in [0, 0.05) is 60.3 Å². The number of ether oxygens (including phenoxy) is 1. The minimum atomic E-state index is -0.485. The normalized spacial score (nSPS) is 21.7. The number of piperidine rings is 1. The number of rotatable bonds is 9. The second-order valence-corrected chi connectivity index (χ2v) is 12.5. The molecule has 0 bridgehead atoms. The summed E-state index contributed by atoms with van der Waals surface area (Å²) in [6, 6.07) is 21.6. The molecule has 3 heterocycles. The summed E-state index contributed by atoms with van der Waals surface area (Å²) in [5.41, 5.74) is 4.97. The van der Waals surface area contributed by atoms with Gasteiger partial charge in [-0.05, 0) is 98.2 Å². The number of benzene rings is 2. The molecular formula is C35H41N7O3. The summed E-state index contributed by atoms with van der Waals surface area (Å²) < 4.78 is 10.2. The van der Waals surface area contributed by atoms with Gasteiger partial charge in [-0.3, -0.25) is 5.32 Å². The molecule has 234 valence electrons. The number of carbonyl (C=O) groups is 1. The van der Waals surface area contributed by atoms with Gasteiger partial charge < -0.3 is 24.8 Å². The van der Waals surface area contributed by atoms with Crippen LogP contribution in [0.2, 0.25) is 0 Å². The van der Waals surface area contributed by atoms with Crippen molar-refractivity contribution in [3.05, 3.63) is 72.8 Å². The monoisotopic (exact) mass is 607 g/mol. The number of amides is 1. The molecule has 2 saturated carbocycles.